The molecular weight excluding hydrogens is 406 g/mol. The van der Waals surface area contributed by atoms with Crippen LogP contribution in [0.15, 0.2) is 51.9 Å². The Morgan fingerprint density at radius 3 is 2.80 bits per heavy atom. The van der Waals surface area contributed by atoms with Crippen molar-refractivity contribution in [1.29, 1.82) is 0 Å². The number of esters is 1. The predicted octanol–water partition coefficient (Wildman–Crippen LogP) is 3.80. The Labute approximate surface area is 174 Å². The van der Waals surface area contributed by atoms with Crippen molar-refractivity contribution in [1.82, 2.24) is 9.97 Å². The molecule has 1 aromatic carbocycles. The van der Waals surface area contributed by atoms with E-state index in [1.54, 1.807) is 37.3 Å². The minimum atomic E-state index is -0.566. The van der Waals surface area contributed by atoms with Gasteiger partial charge >= 0.3 is 5.97 Å². The molecule has 0 aliphatic rings. The number of anilines is 1. The third-order valence-corrected chi connectivity index (χ3v) is 5.54. The summed E-state index contributed by atoms with van der Waals surface area (Å²) in [5.74, 6) is -0.541. The fraction of sp³-hybridized carbons (Fsp3) is 0.143. The minimum Gasteiger partial charge on any atom is -0.459 e. The molecule has 8 nitrogen and oxygen atoms in total. The first-order chi connectivity index (χ1) is 14.4. The van der Waals surface area contributed by atoms with E-state index in [9.17, 15) is 14.4 Å². The van der Waals surface area contributed by atoms with Crippen molar-refractivity contribution >= 4 is 39.1 Å². The largest absolute Gasteiger partial charge is 0.459 e. The predicted molar refractivity (Wildman–Crippen MR) is 112 cm³/mol. The van der Waals surface area contributed by atoms with Gasteiger partial charge in [0.05, 0.1) is 22.2 Å². The lowest BCUT2D eigenvalue weighted by Gasteiger charge is -2.06. The Bertz CT molecular complexity index is 1300. The standard InChI is InChI=1S/C21H17N3O5S/c1-11-5-3-6-13-17(11)22-15(23-19(13)25)10-29-21(27)18-12(2)9-16(30-18)24-20(26)14-7-4-8-28-14/h3-9H,10H2,1-2H3,(H,24,26)(H,22,23,25). The Balaban J connectivity index is 1.48. The number of hydrogen-bond donors (Lipinski definition) is 2. The summed E-state index contributed by atoms with van der Waals surface area (Å²) in [7, 11) is 0. The molecule has 0 radical (unpaired) electrons. The quantitative estimate of drug-likeness (QED) is 0.472. The van der Waals surface area contributed by atoms with Gasteiger partial charge in [0.15, 0.2) is 5.76 Å². The van der Waals surface area contributed by atoms with Crippen LogP contribution < -0.4 is 10.9 Å². The topological polar surface area (TPSA) is 114 Å². The molecule has 152 valence electrons. The Hall–Kier alpha value is -3.72. The number of thiophene rings is 1. The summed E-state index contributed by atoms with van der Waals surface area (Å²) in [6.45, 7) is 3.43. The number of nitrogens with zero attached hydrogens (tertiary/aromatic N) is 1. The minimum absolute atomic E-state index is 0.173. The molecule has 0 aliphatic carbocycles. The van der Waals surface area contributed by atoms with E-state index in [2.05, 4.69) is 15.3 Å². The van der Waals surface area contributed by atoms with Gasteiger partial charge < -0.3 is 19.5 Å². The highest BCUT2D eigenvalue weighted by Crippen LogP contribution is 2.28. The van der Waals surface area contributed by atoms with Crippen LogP contribution in [-0.2, 0) is 11.3 Å². The molecule has 0 atom stereocenters. The number of para-hydroxylation sites is 1. The Morgan fingerprint density at radius 1 is 1.20 bits per heavy atom. The molecule has 30 heavy (non-hydrogen) atoms. The summed E-state index contributed by atoms with van der Waals surface area (Å²) < 4.78 is 10.4. The first-order valence-electron chi connectivity index (χ1n) is 9.03. The van der Waals surface area contributed by atoms with Crippen molar-refractivity contribution in [3.8, 4) is 0 Å². The van der Waals surface area contributed by atoms with Gasteiger partial charge in [-0.1, -0.05) is 12.1 Å². The van der Waals surface area contributed by atoms with Crippen LogP contribution in [0.2, 0.25) is 0 Å². The van der Waals surface area contributed by atoms with Gasteiger partial charge in [-0.3, -0.25) is 9.59 Å². The van der Waals surface area contributed by atoms with Crippen molar-refractivity contribution in [2.75, 3.05) is 5.32 Å². The number of aryl methyl sites for hydroxylation is 2. The average Bonchev–Trinajstić information content (AvgIpc) is 3.37. The lowest BCUT2D eigenvalue weighted by atomic mass is 10.1. The SMILES string of the molecule is Cc1cc(NC(=O)c2ccco2)sc1C(=O)OCc1nc2c(C)cccc2c(=O)[nH]1. The van der Waals surface area contributed by atoms with Crippen molar-refractivity contribution in [2.24, 2.45) is 0 Å². The lowest BCUT2D eigenvalue weighted by molar-refractivity contribution is 0.0467. The maximum atomic E-state index is 12.5. The summed E-state index contributed by atoms with van der Waals surface area (Å²) in [6.07, 6.45) is 1.41. The number of H-pyrrole nitrogens is 1. The van der Waals surface area contributed by atoms with Crippen LogP contribution in [0.4, 0.5) is 5.00 Å². The van der Waals surface area contributed by atoms with E-state index in [1.807, 2.05) is 13.0 Å². The second kappa shape index (κ2) is 7.96. The van der Waals surface area contributed by atoms with Crippen molar-refractivity contribution in [3.05, 3.63) is 80.6 Å². The van der Waals surface area contributed by atoms with Gasteiger partial charge in [0.25, 0.3) is 11.5 Å². The van der Waals surface area contributed by atoms with Crippen LogP contribution >= 0.6 is 11.3 Å². The molecule has 0 saturated heterocycles. The smallest absolute Gasteiger partial charge is 0.349 e. The maximum Gasteiger partial charge on any atom is 0.349 e. The number of fused-ring (bicyclic) bond motifs is 1. The normalized spacial score (nSPS) is 10.9. The fourth-order valence-electron chi connectivity index (χ4n) is 2.95. The number of carbonyl (C=O) groups excluding carboxylic acids is 2. The molecule has 0 aliphatic heterocycles. The number of aromatic nitrogens is 2. The van der Waals surface area contributed by atoms with E-state index in [4.69, 9.17) is 9.15 Å². The van der Waals surface area contributed by atoms with Crippen molar-refractivity contribution in [2.45, 2.75) is 20.5 Å². The summed E-state index contributed by atoms with van der Waals surface area (Å²) >= 11 is 1.10. The zero-order chi connectivity index (χ0) is 21.3. The van der Waals surface area contributed by atoms with E-state index in [-0.39, 0.29) is 23.8 Å². The number of aromatic amines is 1. The van der Waals surface area contributed by atoms with Gasteiger partial charge in [0.2, 0.25) is 0 Å². The highest BCUT2D eigenvalue weighted by molar-refractivity contribution is 7.18. The summed E-state index contributed by atoms with van der Waals surface area (Å²) in [5, 5.41) is 3.66. The van der Waals surface area contributed by atoms with Crippen LogP contribution in [0.1, 0.15) is 37.2 Å². The molecule has 4 aromatic rings. The molecule has 0 spiro atoms. The highest BCUT2D eigenvalue weighted by Gasteiger charge is 2.18. The zero-order valence-corrected chi connectivity index (χ0v) is 17.0. The van der Waals surface area contributed by atoms with Crippen molar-refractivity contribution in [3.63, 3.8) is 0 Å². The number of furan rings is 1. The molecular formula is C21H17N3O5S. The molecule has 0 saturated carbocycles. The second-order valence-corrected chi connectivity index (χ2v) is 7.67. The summed E-state index contributed by atoms with van der Waals surface area (Å²) in [6, 6.07) is 10.2. The summed E-state index contributed by atoms with van der Waals surface area (Å²) in [4.78, 5) is 44.2. The van der Waals surface area contributed by atoms with Gasteiger partial charge in [-0.15, -0.1) is 11.3 Å². The molecule has 1 amide bonds. The van der Waals surface area contributed by atoms with Gasteiger partial charge in [0.1, 0.15) is 17.3 Å². The van der Waals surface area contributed by atoms with E-state index >= 15 is 0 Å². The first kappa shape index (κ1) is 19.6. The molecule has 0 fully saturated rings. The van der Waals surface area contributed by atoms with Gasteiger partial charge in [-0.25, -0.2) is 9.78 Å². The van der Waals surface area contributed by atoms with Crippen LogP contribution in [0.3, 0.4) is 0 Å². The maximum absolute atomic E-state index is 12.5. The first-order valence-corrected chi connectivity index (χ1v) is 9.85. The van der Waals surface area contributed by atoms with Crippen LogP contribution in [0, 0.1) is 13.8 Å². The van der Waals surface area contributed by atoms with E-state index in [1.165, 1.54) is 6.26 Å². The molecule has 9 heteroatoms. The average molecular weight is 423 g/mol. The number of nitrogens with one attached hydrogen (secondary N) is 2. The van der Waals surface area contributed by atoms with E-state index < -0.39 is 11.9 Å². The highest BCUT2D eigenvalue weighted by atomic mass is 32.1. The van der Waals surface area contributed by atoms with Crippen LogP contribution in [-0.4, -0.2) is 21.8 Å². The summed E-state index contributed by atoms with van der Waals surface area (Å²) in [5.41, 5.74) is 1.81. The van der Waals surface area contributed by atoms with E-state index in [0.717, 1.165) is 16.9 Å². The molecule has 0 unspecified atom stereocenters. The Morgan fingerprint density at radius 2 is 2.03 bits per heavy atom. The molecule has 3 aromatic heterocycles. The number of benzene rings is 1. The Kier molecular flexibility index (Phi) is 5.20. The van der Waals surface area contributed by atoms with Gasteiger partial charge in [0, 0.05) is 0 Å². The number of rotatable bonds is 5. The molecule has 0 bridgehead atoms. The lowest BCUT2D eigenvalue weighted by Crippen LogP contribution is -2.15. The number of hydrogen-bond acceptors (Lipinski definition) is 7. The zero-order valence-electron chi connectivity index (χ0n) is 16.1. The van der Waals surface area contributed by atoms with Crippen LogP contribution in [0.25, 0.3) is 10.9 Å². The number of amides is 1. The van der Waals surface area contributed by atoms with Gasteiger partial charge in [-0.05, 0) is 49.2 Å². The second-order valence-electron chi connectivity index (χ2n) is 6.61. The van der Waals surface area contributed by atoms with Crippen molar-refractivity contribution < 1.29 is 18.7 Å². The fourth-order valence-corrected chi connectivity index (χ4v) is 3.91. The van der Waals surface area contributed by atoms with Gasteiger partial charge in [-0.2, -0.15) is 0 Å². The number of carbonyl (C=O) groups is 2. The molecule has 2 N–H and O–H groups in total. The number of ether oxygens (including phenoxy) is 1. The third-order valence-electron chi connectivity index (χ3n) is 4.41. The third kappa shape index (κ3) is 3.87. The monoisotopic (exact) mass is 423 g/mol. The molecule has 4 rings (SSSR count). The van der Waals surface area contributed by atoms with Crippen LogP contribution in [0.5, 0.6) is 0 Å². The van der Waals surface area contributed by atoms with E-state index in [0.29, 0.717) is 26.3 Å². The molecule has 3 heterocycles.